The summed E-state index contributed by atoms with van der Waals surface area (Å²) < 4.78 is 12.8. The van der Waals surface area contributed by atoms with E-state index in [0.29, 0.717) is 12.0 Å². The number of nitriles is 1. The van der Waals surface area contributed by atoms with Crippen molar-refractivity contribution in [3.05, 3.63) is 34.6 Å². The molecule has 78 valence electrons. The maximum atomic E-state index is 12.8. The van der Waals surface area contributed by atoms with Crippen molar-refractivity contribution in [2.24, 2.45) is 11.8 Å². The predicted octanol–water partition coefficient (Wildman–Crippen LogP) is 2.67. The summed E-state index contributed by atoms with van der Waals surface area (Å²) in [7, 11) is 0. The van der Waals surface area contributed by atoms with Crippen molar-refractivity contribution in [3.63, 3.8) is 0 Å². The van der Waals surface area contributed by atoms with Crippen LogP contribution in [0.4, 0.5) is 4.39 Å². The molecule has 0 bridgehead atoms. The van der Waals surface area contributed by atoms with Gasteiger partial charge in [0.15, 0.2) is 0 Å². The molecule has 0 radical (unpaired) electrons. The van der Waals surface area contributed by atoms with E-state index in [1.54, 1.807) is 0 Å². The fraction of sp³-hybridized carbons (Fsp3) is 0.364. The van der Waals surface area contributed by atoms with Crippen LogP contribution in [0.25, 0.3) is 0 Å². The molecule has 0 spiro atoms. The third-order valence-corrected chi connectivity index (χ3v) is 3.02. The van der Waals surface area contributed by atoms with Gasteiger partial charge in [-0.2, -0.15) is 5.26 Å². The molecule has 1 aliphatic rings. The molecule has 0 saturated heterocycles. The quantitative estimate of drug-likeness (QED) is 0.841. The van der Waals surface area contributed by atoms with Crippen molar-refractivity contribution in [1.82, 2.24) is 0 Å². The first-order valence-electron chi connectivity index (χ1n) is 4.66. The zero-order valence-electron chi connectivity index (χ0n) is 7.82. The Balaban J connectivity index is 2.20. The van der Waals surface area contributed by atoms with E-state index in [-0.39, 0.29) is 16.9 Å². The Morgan fingerprint density at radius 3 is 2.87 bits per heavy atom. The van der Waals surface area contributed by atoms with Gasteiger partial charge in [-0.05, 0) is 24.1 Å². The highest BCUT2D eigenvalue weighted by molar-refractivity contribution is 6.31. The van der Waals surface area contributed by atoms with Crippen LogP contribution in [0.5, 0.6) is 0 Å². The van der Waals surface area contributed by atoms with Crippen LogP contribution in [-0.4, -0.2) is 5.11 Å². The molecule has 2 rings (SSSR count). The minimum absolute atomic E-state index is 0.0574. The van der Waals surface area contributed by atoms with Gasteiger partial charge in [-0.1, -0.05) is 17.7 Å². The number of benzene rings is 1. The van der Waals surface area contributed by atoms with E-state index in [4.69, 9.17) is 16.9 Å². The van der Waals surface area contributed by atoms with Crippen LogP contribution in [0.3, 0.4) is 0 Å². The topological polar surface area (TPSA) is 44.0 Å². The molecule has 15 heavy (non-hydrogen) atoms. The van der Waals surface area contributed by atoms with Gasteiger partial charge in [-0.25, -0.2) is 4.39 Å². The maximum absolute atomic E-state index is 12.8. The molecule has 0 heterocycles. The summed E-state index contributed by atoms with van der Waals surface area (Å²) in [6.07, 6.45) is -0.0755. The summed E-state index contributed by atoms with van der Waals surface area (Å²) in [4.78, 5) is 0. The smallest absolute Gasteiger partial charge is 0.124 e. The van der Waals surface area contributed by atoms with Gasteiger partial charge >= 0.3 is 0 Å². The lowest BCUT2D eigenvalue weighted by Crippen LogP contribution is -2.02. The van der Waals surface area contributed by atoms with Gasteiger partial charge in [0.2, 0.25) is 0 Å². The molecule has 0 aromatic heterocycles. The Bertz CT molecular complexity index is 429. The molecule has 1 aromatic carbocycles. The molecule has 1 fully saturated rings. The summed E-state index contributed by atoms with van der Waals surface area (Å²) in [5, 5.41) is 18.7. The third kappa shape index (κ3) is 1.97. The van der Waals surface area contributed by atoms with E-state index in [9.17, 15) is 9.50 Å². The summed E-state index contributed by atoms with van der Waals surface area (Å²) in [5.74, 6) is -0.581. The average Bonchev–Trinajstić information content (AvgIpc) is 2.95. The van der Waals surface area contributed by atoms with Gasteiger partial charge in [0.05, 0.1) is 18.1 Å². The molecule has 0 amide bonds. The molecular formula is C11H9ClFNO. The second-order valence-electron chi connectivity index (χ2n) is 3.75. The first-order valence-corrected chi connectivity index (χ1v) is 5.04. The monoisotopic (exact) mass is 225 g/mol. The van der Waals surface area contributed by atoms with Crippen LogP contribution in [0.1, 0.15) is 18.1 Å². The first-order chi connectivity index (χ1) is 7.13. The van der Waals surface area contributed by atoms with Gasteiger partial charge in [-0.15, -0.1) is 0 Å². The van der Waals surface area contributed by atoms with E-state index in [1.807, 2.05) is 0 Å². The normalized spacial score (nSPS) is 25.7. The van der Waals surface area contributed by atoms with Crippen LogP contribution >= 0.6 is 11.6 Å². The third-order valence-electron chi connectivity index (χ3n) is 2.69. The zero-order valence-corrected chi connectivity index (χ0v) is 8.58. The van der Waals surface area contributed by atoms with Crippen molar-refractivity contribution < 1.29 is 9.50 Å². The Hall–Kier alpha value is -1.11. The Labute approximate surface area is 91.9 Å². The molecule has 1 aromatic rings. The predicted molar refractivity (Wildman–Crippen MR) is 53.6 cm³/mol. The van der Waals surface area contributed by atoms with Crippen molar-refractivity contribution in [1.29, 1.82) is 5.26 Å². The van der Waals surface area contributed by atoms with Crippen LogP contribution in [0.15, 0.2) is 18.2 Å². The number of rotatable bonds is 2. The number of hydrogen-bond acceptors (Lipinski definition) is 2. The Morgan fingerprint density at radius 2 is 2.33 bits per heavy atom. The second-order valence-corrected chi connectivity index (χ2v) is 4.15. The van der Waals surface area contributed by atoms with Crippen LogP contribution in [-0.2, 0) is 0 Å². The lowest BCUT2D eigenvalue weighted by molar-refractivity contribution is 0.150. The SMILES string of the molecule is N#CC1CC1C(O)c1ccc(F)cc1Cl. The largest absolute Gasteiger partial charge is 0.388 e. The molecule has 2 nitrogen and oxygen atoms in total. The number of aliphatic hydroxyl groups excluding tert-OH is 1. The fourth-order valence-electron chi connectivity index (χ4n) is 1.68. The molecule has 3 atom stereocenters. The van der Waals surface area contributed by atoms with Crippen LogP contribution < -0.4 is 0 Å². The van der Waals surface area contributed by atoms with Crippen LogP contribution in [0, 0.1) is 29.0 Å². The molecule has 3 unspecified atom stereocenters. The van der Waals surface area contributed by atoms with Crippen molar-refractivity contribution in [2.45, 2.75) is 12.5 Å². The number of hydrogen-bond donors (Lipinski definition) is 1. The fourth-order valence-corrected chi connectivity index (χ4v) is 1.96. The standard InChI is InChI=1S/C11H9ClFNO/c12-10-4-7(13)1-2-8(10)11(15)9-3-6(9)5-14/h1-2,4,6,9,11,15H,3H2. The van der Waals surface area contributed by atoms with Crippen molar-refractivity contribution >= 4 is 11.6 Å². The molecule has 0 aliphatic heterocycles. The molecule has 1 N–H and O–H groups in total. The Morgan fingerprint density at radius 1 is 1.60 bits per heavy atom. The lowest BCUT2D eigenvalue weighted by atomic mass is 10.0. The molecule has 1 saturated carbocycles. The highest BCUT2D eigenvalue weighted by Gasteiger charge is 2.43. The van der Waals surface area contributed by atoms with Gasteiger partial charge < -0.3 is 5.11 Å². The second kappa shape index (κ2) is 3.80. The summed E-state index contributed by atoms with van der Waals surface area (Å²) in [5.41, 5.74) is 0.501. The van der Waals surface area contributed by atoms with Gasteiger partial charge in [0.1, 0.15) is 5.82 Å². The van der Waals surface area contributed by atoms with E-state index >= 15 is 0 Å². The minimum Gasteiger partial charge on any atom is -0.388 e. The zero-order chi connectivity index (χ0) is 11.0. The number of nitrogens with zero attached hydrogens (tertiary/aromatic N) is 1. The van der Waals surface area contributed by atoms with Gasteiger partial charge in [0.25, 0.3) is 0 Å². The van der Waals surface area contributed by atoms with Crippen molar-refractivity contribution in [2.75, 3.05) is 0 Å². The number of aliphatic hydroxyl groups is 1. The van der Waals surface area contributed by atoms with E-state index in [0.717, 1.165) is 0 Å². The minimum atomic E-state index is -0.761. The maximum Gasteiger partial charge on any atom is 0.124 e. The molecule has 4 heteroatoms. The first kappa shape index (κ1) is 10.4. The van der Waals surface area contributed by atoms with Crippen LogP contribution in [0.2, 0.25) is 5.02 Å². The van der Waals surface area contributed by atoms with E-state index < -0.39 is 11.9 Å². The van der Waals surface area contributed by atoms with E-state index in [1.165, 1.54) is 18.2 Å². The average molecular weight is 226 g/mol. The Kier molecular flexibility index (Phi) is 2.64. The summed E-state index contributed by atoms with van der Waals surface area (Å²) in [6.45, 7) is 0. The summed E-state index contributed by atoms with van der Waals surface area (Å²) >= 11 is 5.80. The lowest BCUT2D eigenvalue weighted by Gasteiger charge is -2.11. The van der Waals surface area contributed by atoms with E-state index in [2.05, 4.69) is 6.07 Å². The van der Waals surface area contributed by atoms with Crippen molar-refractivity contribution in [3.8, 4) is 6.07 Å². The molecule has 1 aliphatic carbocycles. The summed E-state index contributed by atoms with van der Waals surface area (Å²) in [6, 6.07) is 5.99. The van der Waals surface area contributed by atoms with Gasteiger partial charge in [-0.3, -0.25) is 0 Å². The van der Waals surface area contributed by atoms with Gasteiger partial charge in [0, 0.05) is 10.9 Å². The highest BCUT2D eigenvalue weighted by atomic mass is 35.5. The number of halogens is 2. The molecular weight excluding hydrogens is 217 g/mol. The highest BCUT2D eigenvalue weighted by Crippen LogP contribution is 2.48.